The summed E-state index contributed by atoms with van der Waals surface area (Å²) >= 11 is 12.0. The molecule has 0 saturated carbocycles. The van der Waals surface area contributed by atoms with Gasteiger partial charge in [0.05, 0.1) is 22.5 Å². The van der Waals surface area contributed by atoms with E-state index in [0.717, 1.165) is 11.1 Å². The van der Waals surface area contributed by atoms with Gasteiger partial charge in [0, 0.05) is 17.3 Å². The van der Waals surface area contributed by atoms with Gasteiger partial charge in [-0.25, -0.2) is 0 Å². The average molecular weight is 279 g/mol. The summed E-state index contributed by atoms with van der Waals surface area (Å²) in [6.07, 6.45) is 1.61. The van der Waals surface area contributed by atoms with Crippen molar-refractivity contribution in [3.63, 3.8) is 0 Å². The number of nitriles is 1. The van der Waals surface area contributed by atoms with Crippen LogP contribution in [0.4, 0.5) is 0 Å². The Kier molecular flexibility index (Phi) is 3.71. The molecule has 2 aromatic rings. The highest BCUT2D eigenvalue weighted by molar-refractivity contribution is 6.43. The summed E-state index contributed by atoms with van der Waals surface area (Å²) in [6.45, 7) is 0. The van der Waals surface area contributed by atoms with Crippen molar-refractivity contribution in [1.82, 2.24) is 4.98 Å². The summed E-state index contributed by atoms with van der Waals surface area (Å²) in [5, 5.41) is 9.53. The van der Waals surface area contributed by atoms with Crippen LogP contribution in [0.1, 0.15) is 5.56 Å². The van der Waals surface area contributed by atoms with E-state index in [9.17, 15) is 4.79 Å². The summed E-state index contributed by atoms with van der Waals surface area (Å²) < 4.78 is 0. The monoisotopic (exact) mass is 278 g/mol. The predicted octanol–water partition coefficient (Wildman–Crippen LogP) is 3.41. The summed E-state index contributed by atoms with van der Waals surface area (Å²) in [5.74, 6) is 0. The standard InChI is InChI=1S/C13H8Cl2N2O/c14-11-3-1-2-10(12(11)15)9-6-8(4-5-16)13(18)17-7-9/h1-3,6-7H,4H2,(H,17,18). The summed E-state index contributed by atoms with van der Waals surface area (Å²) in [5.41, 5.74) is 1.59. The third-order valence-electron chi connectivity index (χ3n) is 2.51. The largest absolute Gasteiger partial charge is 0.328 e. The molecule has 3 nitrogen and oxygen atoms in total. The molecule has 18 heavy (non-hydrogen) atoms. The number of benzene rings is 1. The normalized spacial score (nSPS) is 10.1. The van der Waals surface area contributed by atoms with Crippen LogP contribution in [0.2, 0.25) is 10.0 Å². The van der Waals surface area contributed by atoms with E-state index in [4.69, 9.17) is 28.5 Å². The maximum atomic E-state index is 11.5. The fourth-order valence-electron chi connectivity index (χ4n) is 1.63. The van der Waals surface area contributed by atoms with E-state index in [1.807, 2.05) is 6.07 Å². The molecule has 0 atom stereocenters. The molecule has 0 unspecified atom stereocenters. The molecule has 0 amide bonds. The van der Waals surface area contributed by atoms with Crippen LogP contribution in [0, 0.1) is 11.3 Å². The topological polar surface area (TPSA) is 56.6 Å². The van der Waals surface area contributed by atoms with Crippen molar-refractivity contribution in [2.75, 3.05) is 0 Å². The van der Waals surface area contributed by atoms with Crippen LogP contribution in [-0.2, 0) is 6.42 Å². The van der Waals surface area contributed by atoms with Gasteiger partial charge in [0.15, 0.2) is 0 Å². The minimum Gasteiger partial charge on any atom is -0.328 e. The number of aromatic nitrogens is 1. The Morgan fingerprint density at radius 1 is 1.33 bits per heavy atom. The lowest BCUT2D eigenvalue weighted by Gasteiger charge is -2.06. The molecule has 5 heteroatoms. The van der Waals surface area contributed by atoms with E-state index < -0.39 is 0 Å². The zero-order valence-corrected chi connectivity index (χ0v) is 10.7. The summed E-state index contributed by atoms with van der Waals surface area (Å²) in [4.78, 5) is 14.1. The fourth-order valence-corrected chi connectivity index (χ4v) is 2.04. The van der Waals surface area contributed by atoms with Gasteiger partial charge < -0.3 is 4.98 Å². The van der Waals surface area contributed by atoms with Gasteiger partial charge in [-0.2, -0.15) is 5.26 Å². The van der Waals surface area contributed by atoms with E-state index in [2.05, 4.69) is 4.98 Å². The first-order chi connectivity index (χ1) is 8.63. The molecule has 0 saturated heterocycles. The Bertz CT molecular complexity index is 686. The van der Waals surface area contributed by atoms with Crippen molar-refractivity contribution in [3.05, 3.63) is 56.4 Å². The second kappa shape index (κ2) is 5.26. The summed E-state index contributed by atoms with van der Waals surface area (Å²) in [7, 11) is 0. The maximum absolute atomic E-state index is 11.5. The van der Waals surface area contributed by atoms with E-state index in [1.54, 1.807) is 30.5 Å². The van der Waals surface area contributed by atoms with Gasteiger partial charge in [-0.15, -0.1) is 0 Å². The van der Waals surface area contributed by atoms with Gasteiger partial charge >= 0.3 is 0 Å². The van der Waals surface area contributed by atoms with Gasteiger partial charge in [0.1, 0.15) is 0 Å². The fraction of sp³-hybridized carbons (Fsp3) is 0.0769. The summed E-state index contributed by atoms with van der Waals surface area (Å²) in [6, 6.07) is 8.87. The third kappa shape index (κ3) is 2.40. The molecule has 0 aliphatic rings. The van der Waals surface area contributed by atoms with Gasteiger partial charge in [-0.3, -0.25) is 4.79 Å². The lowest BCUT2D eigenvalue weighted by molar-refractivity contribution is 1.13. The molecule has 90 valence electrons. The number of hydrogen-bond donors (Lipinski definition) is 1. The van der Waals surface area contributed by atoms with Crippen LogP contribution < -0.4 is 5.56 Å². The van der Waals surface area contributed by atoms with Crippen molar-refractivity contribution in [1.29, 1.82) is 5.26 Å². The third-order valence-corrected chi connectivity index (χ3v) is 3.33. The Labute approximate surface area is 114 Å². The molecule has 0 fully saturated rings. The van der Waals surface area contributed by atoms with Crippen LogP contribution in [0.15, 0.2) is 35.3 Å². The van der Waals surface area contributed by atoms with Crippen molar-refractivity contribution < 1.29 is 0 Å². The Balaban J connectivity index is 2.59. The van der Waals surface area contributed by atoms with Gasteiger partial charge in [0.2, 0.25) is 0 Å². The Morgan fingerprint density at radius 2 is 2.11 bits per heavy atom. The number of halogens is 2. The molecule has 0 radical (unpaired) electrons. The van der Waals surface area contributed by atoms with E-state index in [0.29, 0.717) is 15.6 Å². The molecule has 0 aliphatic carbocycles. The quantitative estimate of drug-likeness (QED) is 0.915. The molecule has 1 N–H and O–H groups in total. The van der Waals surface area contributed by atoms with Crippen LogP contribution in [0.5, 0.6) is 0 Å². The highest BCUT2D eigenvalue weighted by Gasteiger charge is 2.09. The number of H-pyrrole nitrogens is 1. The lowest BCUT2D eigenvalue weighted by Crippen LogP contribution is -2.11. The molecule has 0 aliphatic heterocycles. The second-order valence-electron chi connectivity index (χ2n) is 3.68. The minimum absolute atomic E-state index is 0.0569. The molecule has 0 bridgehead atoms. The van der Waals surface area contributed by atoms with Crippen LogP contribution in [0.3, 0.4) is 0 Å². The zero-order chi connectivity index (χ0) is 13.1. The SMILES string of the molecule is N#CCc1cc(-c2cccc(Cl)c2Cl)c[nH]c1=O. The second-order valence-corrected chi connectivity index (χ2v) is 4.46. The first-order valence-corrected chi connectivity index (χ1v) is 5.92. The molecular weight excluding hydrogens is 271 g/mol. The average Bonchev–Trinajstić information content (AvgIpc) is 2.36. The zero-order valence-electron chi connectivity index (χ0n) is 9.21. The van der Waals surface area contributed by atoms with E-state index >= 15 is 0 Å². The Morgan fingerprint density at radius 3 is 2.83 bits per heavy atom. The molecule has 1 aromatic carbocycles. The van der Waals surface area contributed by atoms with Gasteiger partial charge in [-0.1, -0.05) is 35.3 Å². The number of hydrogen-bond acceptors (Lipinski definition) is 2. The van der Waals surface area contributed by atoms with Gasteiger partial charge in [0.25, 0.3) is 5.56 Å². The van der Waals surface area contributed by atoms with Crippen molar-refractivity contribution in [2.45, 2.75) is 6.42 Å². The highest BCUT2D eigenvalue weighted by Crippen LogP contribution is 2.32. The van der Waals surface area contributed by atoms with Crippen molar-refractivity contribution >= 4 is 23.2 Å². The first kappa shape index (κ1) is 12.7. The lowest BCUT2D eigenvalue weighted by atomic mass is 10.0. The van der Waals surface area contributed by atoms with E-state index in [-0.39, 0.29) is 12.0 Å². The van der Waals surface area contributed by atoms with Crippen LogP contribution in [-0.4, -0.2) is 4.98 Å². The van der Waals surface area contributed by atoms with Crippen molar-refractivity contribution in [3.8, 4) is 17.2 Å². The minimum atomic E-state index is -0.265. The number of rotatable bonds is 2. The smallest absolute Gasteiger partial charge is 0.252 e. The van der Waals surface area contributed by atoms with Crippen molar-refractivity contribution in [2.24, 2.45) is 0 Å². The number of nitrogens with zero attached hydrogens (tertiary/aromatic N) is 1. The first-order valence-electron chi connectivity index (χ1n) is 5.16. The number of pyridine rings is 1. The molecule has 1 heterocycles. The number of nitrogens with one attached hydrogen (secondary N) is 1. The molecule has 1 aromatic heterocycles. The predicted molar refractivity (Wildman–Crippen MR) is 71.8 cm³/mol. The molecule has 2 rings (SSSR count). The molecular formula is C13H8Cl2N2O. The van der Waals surface area contributed by atoms with E-state index in [1.165, 1.54) is 0 Å². The molecule has 0 spiro atoms. The highest BCUT2D eigenvalue weighted by atomic mass is 35.5. The van der Waals surface area contributed by atoms with Gasteiger partial charge in [-0.05, 0) is 17.7 Å². The van der Waals surface area contributed by atoms with Crippen LogP contribution >= 0.6 is 23.2 Å². The number of aromatic amines is 1. The maximum Gasteiger partial charge on any atom is 0.252 e. The Hall–Kier alpha value is -1.76. The van der Waals surface area contributed by atoms with Crippen LogP contribution in [0.25, 0.3) is 11.1 Å².